The summed E-state index contributed by atoms with van der Waals surface area (Å²) in [6.45, 7) is 2.02. The summed E-state index contributed by atoms with van der Waals surface area (Å²) >= 11 is 0. The minimum absolute atomic E-state index is 0.308. The highest BCUT2D eigenvalue weighted by atomic mass is 19.1. The number of hydrogen-bond acceptors (Lipinski definition) is 4. The quantitative estimate of drug-likeness (QED) is 0.533. The number of benzene rings is 2. The summed E-state index contributed by atoms with van der Waals surface area (Å²) < 4.78 is 13.8. The maximum Gasteiger partial charge on any atom is 0.235 e. The number of halogens is 1. The van der Waals surface area contributed by atoms with Crippen molar-refractivity contribution in [2.45, 2.75) is 6.92 Å². The summed E-state index contributed by atoms with van der Waals surface area (Å²) in [5, 5.41) is 0. The molecule has 122 valence electrons. The Kier molecular flexibility index (Phi) is 3.82. The molecule has 0 saturated carbocycles. The van der Waals surface area contributed by atoms with Gasteiger partial charge in [0.2, 0.25) is 5.95 Å². The Morgan fingerprint density at radius 2 is 1.68 bits per heavy atom. The summed E-state index contributed by atoms with van der Waals surface area (Å²) in [4.78, 5) is 15.1. The van der Waals surface area contributed by atoms with Crippen LogP contribution in [0.15, 0.2) is 73.1 Å². The number of pyridine rings is 1. The van der Waals surface area contributed by atoms with E-state index in [9.17, 15) is 4.39 Å². The second-order valence-electron chi connectivity index (χ2n) is 5.73. The van der Waals surface area contributed by atoms with Crippen molar-refractivity contribution in [3.05, 3.63) is 84.4 Å². The molecule has 2 aromatic carbocycles. The van der Waals surface area contributed by atoms with Crippen molar-refractivity contribution in [1.82, 2.24) is 15.0 Å². The lowest BCUT2D eigenvalue weighted by Gasteiger charge is -2.23. The maximum atomic E-state index is 13.8. The van der Waals surface area contributed by atoms with Gasteiger partial charge < -0.3 is 0 Å². The van der Waals surface area contributed by atoms with E-state index in [2.05, 4.69) is 15.0 Å². The van der Waals surface area contributed by atoms with Gasteiger partial charge in [-0.3, -0.25) is 9.88 Å². The number of aromatic nitrogens is 3. The fraction of sp³-hybridized carbons (Fsp3) is 0.0500. The van der Waals surface area contributed by atoms with E-state index >= 15 is 0 Å². The Hall–Kier alpha value is -3.34. The number of rotatable bonds is 3. The fourth-order valence-corrected chi connectivity index (χ4v) is 2.66. The minimum Gasteiger partial charge on any atom is -0.279 e. The summed E-state index contributed by atoms with van der Waals surface area (Å²) in [5.41, 5.74) is 4.12. The van der Waals surface area contributed by atoms with Crippen LogP contribution in [-0.4, -0.2) is 15.0 Å². The fourth-order valence-electron chi connectivity index (χ4n) is 2.66. The zero-order chi connectivity index (χ0) is 17.2. The first-order chi connectivity index (χ1) is 12.2. The van der Waals surface area contributed by atoms with Gasteiger partial charge in [-0.2, -0.15) is 0 Å². The van der Waals surface area contributed by atoms with Gasteiger partial charge in [0, 0.05) is 11.9 Å². The average molecular weight is 330 g/mol. The molecule has 2 heterocycles. The van der Waals surface area contributed by atoms with E-state index in [4.69, 9.17) is 0 Å². The highest BCUT2D eigenvalue weighted by Crippen LogP contribution is 2.32. The normalized spacial score (nSPS) is 10.8. The van der Waals surface area contributed by atoms with Gasteiger partial charge in [0.25, 0.3) is 0 Å². The molecule has 0 amide bonds. The van der Waals surface area contributed by atoms with Crippen molar-refractivity contribution in [2.75, 3.05) is 4.90 Å². The molecule has 0 aliphatic rings. The molecule has 0 unspecified atom stereocenters. The van der Waals surface area contributed by atoms with Gasteiger partial charge in [-0.25, -0.2) is 14.4 Å². The minimum atomic E-state index is -0.308. The average Bonchev–Trinajstić information content (AvgIpc) is 2.64. The van der Waals surface area contributed by atoms with Gasteiger partial charge in [-0.05, 0) is 49.4 Å². The van der Waals surface area contributed by atoms with E-state index in [1.807, 2.05) is 54.3 Å². The Morgan fingerprint density at radius 1 is 0.840 bits per heavy atom. The van der Waals surface area contributed by atoms with Crippen LogP contribution in [0.25, 0.3) is 11.0 Å². The molecule has 0 saturated heterocycles. The van der Waals surface area contributed by atoms with Gasteiger partial charge in [-0.15, -0.1) is 0 Å². The van der Waals surface area contributed by atoms with Gasteiger partial charge in [0.15, 0.2) is 0 Å². The van der Waals surface area contributed by atoms with Crippen LogP contribution in [0.2, 0.25) is 0 Å². The Morgan fingerprint density at radius 3 is 2.48 bits per heavy atom. The van der Waals surface area contributed by atoms with Crippen LogP contribution >= 0.6 is 0 Å². The lowest BCUT2D eigenvalue weighted by Crippen LogP contribution is -2.13. The molecule has 4 aromatic rings. The molecule has 25 heavy (non-hydrogen) atoms. The second-order valence-corrected chi connectivity index (χ2v) is 5.73. The van der Waals surface area contributed by atoms with E-state index < -0.39 is 0 Å². The van der Waals surface area contributed by atoms with Crippen molar-refractivity contribution >= 4 is 28.4 Å². The standard InChI is InChI=1S/C20H15FN4/c1-14-7-9-16(10-8-14)25(17-5-2-4-15(21)12-17)20-23-13-19-18(24-20)6-3-11-22-19/h2-13H,1H3. The van der Waals surface area contributed by atoms with Crippen molar-refractivity contribution < 1.29 is 4.39 Å². The van der Waals surface area contributed by atoms with Crippen molar-refractivity contribution in [3.63, 3.8) is 0 Å². The Bertz CT molecular complexity index is 1030. The van der Waals surface area contributed by atoms with Crippen LogP contribution in [0.1, 0.15) is 5.56 Å². The third-order valence-corrected chi connectivity index (χ3v) is 3.90. The SMILES string of the molecule is Cc1ccc(N(c2cccc(F)c2)c2ncc3ncccc3n2)cc1. The van der Waals surface area contributed by atoms with E-state index in [1.54, 1.807) is 18.5 Å². The molecule has 4 rings (SSSR count). The number of hydrogen-bond donors (Lipinski definition) is 0. The largest absolute Gasteiger partial charge is 0.279 e. The first-order valence-electron chi connectivity index (χ1n) is 7.91. The first-order valence-corrected chi connectivity index (χ1v) is 7.91. The van der Waals surface area contributed by atoms with Gasteiger partial charge in [-0.1, -0.05) is 23.8 Å². The maximum absolute atomic E-state index is 13.8. The molecule has 0 atom stereocenters. The highest BCUT2D eigenvalue weighted by Gasteiger charge is 2.16. The molecule has 4 nitrogen and oxygen atoms in total. The zero-order valence-corrected chi connectivity index (χ0v) is 13.6. The zero-order valence-electron chi connectivity index (χ0n) is 13.6. The molecule has 0 spiro atoms. The summed E-state index contributed by atoms with van der Waals surface area (Å²) in [6.07, 6.45) is 3.38. The predicted molar refractivity (Wildman–Crippen MR) is 96.7 cm³/mol. The lowest BCUT2D eigenvalue weighted by atomic mass is 10.2. The number of aryl methyl sites for hydroxylation is 1. The molecule has 5 heteroatoms. The number of nitrogens with zero attached hydrogens (tertiary/aromatic N) is 4. The van der Waals surface area contributed by atoms with E-state index in [-0.39, 0.29) is 5.82 Å². The van der Waals surface area contributed by atoms with Crippen LogP contribution in [-0.2, 0) is 0 Å². The number of fused-ring (bicyclic) bond motifs is 1. The third kappa shape index (κ3) is 3.04. The second kappa shape index (κ2) is 6.28. The molecule has 0 bridgehead atoms. The van der Waals surface area contributed by atoms with Crippen molar-refractivity contribution in [3.8, 4) is 0 Å². The smallest absolute Gasteiger partial charge is 0.235 e. The lowest BCUT2D eigenvalue weighted by molar-refractivity contribution is 0.628. The highest BCUT2D eigenvalue weighted by molar-refractivity contribution is 5.78. The Balaban J connectivity index is 1.90. The molecule has 0 N–H and O–H groups in total. The van der Waals surface area contributed by atoms with Crippen LogP contribution in [0.4, 0.5) is 21.7 Å². The van der Waals surface area contributed by atoms with E-state index in [0.29, 0.717) is 17.2 Å². The monoisotopic (exact) mass is 330 g/mol. The molecule has 0 aliphatic heterocycles. The summed E-state index contributed by atoms with van der Waals surface area (Å²) in [7, 11) is 0. The van der Waals surface area contributed by atoms with E-state index in [1.165, 1.54) is 12.1 Å². The molecular formula is C20H15FN4. The van der Waals surface area contributed by atoms with Crippen LogP contribution in [0, 0.1) is 12.7 Å². The topological polar surface area (TPSA) is 41.9 Å². The molecule has 0 aliphatic carbocycles. The molecular weight excluding hydrogens is 315 g/mol. The Labute approximate surface area is 144 Å². The molecule has 0 radical (unpaired) electrons. The summed E-state index contributed by atoms with van der Waals surface area (Å²) in [5.74, 6) is 0.159. The van der Waals surface area contributed by atoms with Gasteiger partial charge in [0.1, 0.15) is 11.3 Å². The summed E-state index contributed by atoms with van der Waals surface area (Å²) in [6, 6.07) is 18.1. The first kappa shape index (κ1) is 15.2. The van der Waals surface area contributed by atoms with Crippen LogP contribution < -0.4 is 4.90 Å². The van der Waals surface area contributed by atoms with Crippen molar-refractivity contribution in [1.29, 1.82) is 0 Å². The third-order valence-electron chi connectivity index (χ3n) is 3.90. The van der Waals surface area contributed by atoms with Crippen molar-refractivity contribution in [2.24, 2.45) is 0 Å². The van der Waals surface area contributed by atoms with E-state index in [0.717, 1.165) is 16.8 Å². The molecule has 0 fully saturated rings. The molecule has 2 aromatic heterocycles. The van der Waals surface area contributed by atoms with Crippen LogP contribution in [0.3, 0.4) is 0 Å². The number of anilines is 3. The van der Waals surface area contributed by atoms with Crippen LogP contribution in [0.5, 0.6) is 0 Å². The van der Waals surface area contributed by atoms with Gasteiger partial charge in [0.05, 0.1) is 17.4 Å². The van der Waals surface area contributed by atoms with Gasteiger partial charge >= 0.3 is 0 Å². The predicted octanol–water partition coefficient (Wildman–Crippen LogP) is 4.94.